The second-order valence-electron chi connectivity index (χ2n) is 5.64. The lowest BCUT2D eigenvalue weighted by Crippen LogP contribution is -2.56. The first-order chi connectivity index (χ1) is 8.43. The number of sulfone groups is 1. The van der Waals surface area contributed by atoms with E-state index in [1.54, 1.807) is 0 Å². The zero-order chi connectivity index (χ0) is 13.3. The van der Waals surface area contributed by atoms with Crippen molar-refractivity contribution in [3.8, 4) is 0 Å². The van der Waals surface area contributed by atoms with E-state index in [9.17, 15) is 8.42 Å². The van der Waals surface area contributed by atoms with Crippen molar-refractivity contribution in [1.82, 2.24) is 9.80 Å². The van der Waals surface area contributed by atoms with Gasteiger partial charge in [-0.15, -0.1) is 0 Å². The Balaban J connectivity index is 1.90. The van der Waals surface area contributed by atoms with E-state index in [1.165, 1.54) is 0 Å². The molecule has 0 spiro atoms. The van der Waals surface area contributed by atoms with Crippen molar-refractivity contribution in [1.29, 1.82) is 0 Å². The molecule has 2 fully saturated rings. The second-order valence-corrected chi connectivity index (χ2v) is 7.79. The van der Waals surface area contributed by atoms with E-state index < -0.39 is 9.84 Å². The predicted octanol–water partition coefficient (Wildman–Crippen LogP) is -0.473. The highest BCUT2D eigenvalue weighted by Gasteiger charge is 2.39. The van der Waals surface area contributed by atoms with E-state index in [0.717, 1.165) is 32.6 Å². The normalized spacial score (nSPS) is 35.7. The van der Waals surface area contributed by atoms with Crippen LogP contribution in [0.2, 0.25) is 0 Å². The van der Waals surface area contributed by atoms with Gasteiger partial charge in [0.1, 0.15) is 0 Å². The summed E-state index contributed by atoms with van der Waals surface area (Å²) in [4.78, 5) is 4.75. The highest BCUT2D eigenvalue weighted by molar-refractivity contribution is 7.91. The van der Waals surface area contributed by atoms with Gasteiger partial charge in [0, 0.05) is 44.3 Å². The summed E-state index contributed by atoms with van der Waals surface area (Å²) in [5, 5.41) is 0. The van der Waals surface area contributed by atoms with Gasteiger partial charge in [-0.2, -0.15) is 0 Å². The van der Waals surface area contributed by atoms with Crippen LogP contribution in [0.5, 0.6) is 0 Å². The van der Waals surface area contributed by atoms with Crippen LogP contribution >= 0.6 is 0 Å². The Hall–Kier alpha value is -0.170. The van der Waals surface area contributed by atoms with Crippen LogP contribution in [0.3, 0.4) is 0 Å². The summed E-state index contributed by atoms with van der Waals surface area (Å²) in [5.41, 5.74) is 5.97. The van der Waals surface area contributed by atoms with Gasteiger partial charge in [-0.3, -0.25) is 9.80 Å². The fourth-order valence-corrected chi connectivity index (χ4v) is 4.92. The third kappa shape index (κ3) is 3.04. The van der Waals surface area contributed by atoms with Gasteiger partial charge in [0.05, 0.1) is 11.5 Å². The first-order valence-electron chi connectivity index (χ1n) is 6.87. The molecule has 6 heteroatoms. The minimum atomic E-state index is -2.91. The van der Waals surface area contributed by atoms with Gasteiger partial charge in [0.25, 0.3) is 0 Å². The van der Waals surface area contributed by atoms with Crippen LogP contribution in [0.1, 0.15) is 20.3 Å². The van der Waals surface area contributed by atoms with Crippen LogP contribution in [0, 0.1) is 0 Å². The Kier molecular flexibility index (Phi) is 4.31. The van der Waals surface area contributed by atoms with Crippen LogP contribution in [0.4, 0.5) is 0 Å². The molecule has 0 radical (unpaired) electrons. The minimum absolute atomic E-state index is 0.0362. The first kappa shape index (κ1) is 14.2. The summed E-state index contributed by atoms with van der Waals surface area (Å²) in [7, 11) is -2.91. The molecule has 2 aliphatic rings. The molecular formula is C12H25N3O2S. The van der Waals surface area contributed by atoms with E-state index in [-0.39, 0.29) is 23.6 Å². The predicted molar refractivity (Wildman–Crippen MR) is 73.3 cm³/mol. The van der Waals surface area contributed by atoms with Gasteiger partial charge >= 0.3 is 0 Å². The molecule has 0 bridgehead atoms. The molecule has 0 aromatic rings. The molecule has 2 rings (SSSR count). The van der Waals surface area contributed by atoms with E-state index in [4.69, 9.17) is 5.73 Å². The molecule has 5 nitrogen and oxygen atoms in total. The molecule has 0 aliphatic carbocycles. The van der Waals surface area contributed by atoms with Crippen molar-refractivity contribution >= 4 is 9.84 Å². The van der Waals surface area contributed by atoms with Crippen molar-refractivity contribution in [2.75, 3.05) is 37.7 Å². The SMILES string of the molecule is CCC(C)N1CCN(C2CS(=O)(=O)CC2N)CC1. The summed E-state index contributed by atoms with van der Waals surface area (Å²) in [6.07, 6.45) is 1.16. The molecule has 2 N–H and O–H groups in total. The smallest absolute Gasteiger partial charge is 0.153 e. The van der Waals surface area contributed by atoms with E-state index in [1.807, 2.05) is 0 Å². The standard InChI is InChI=1S/C12H25N3O2S/c1-3-10(2)14-4-6-15(7-5-14)12-9-18(16,17)8-11(12)13/h10-12H,3-9,13H2,1-2H3. The fraction of sp³-hybridized carbons (Fsp3) is 1.00. The Morgan fingerprint density at radius 2 is 1.83 bits per heavy atom. The van der Waals surface area contributed by atoms with Gasteiger partial charge in [-0.05, 0) is 13.3 Å². The molecule has 0 aromatic carbocycles. The highest BCUT2D eigenvalue weighted by atomic mass is 32.2. The fourth-order valence-electron chi connectivity index (χ4n) is 3.00. The summed E-state index contributed by atoms with van der Waals surface area (Å²) in [6, 6.07) is 0.451. The van der Waals surface area contributed by atoms with Gasteiger partial charge < -0.3 is 5.73 Å². The third-order valence-corrected chi connectivity index (χ3v) is 6.14. The molecule has 2 aliphatic heterocycles. The lowest BCUT2D eigenvalue weighted by atomic mass is 10.1. The Morgan fingerprint density at radius 3 is 2.28 bits per heavy atom. The Bertz CT molecular complexity index is 377. The molecule has 0 amide bonds. The maximum Gasteiger partial charge on any atom is 0.153 e. The number of piperazine rings is 1. The number of hydrogen-bond donors (Lipinski definition) is 1. The van der Waals surface area contributed by atoms with Crippen molar-refractivity contribution in [3.63, 3.8) is 0 Å². The van der Waals surface area contributed by atoms with Crippen molar-refractivity contribution in [2.24, 2.45) is 5.73 Å². The lowest BCUT2D eigenvalue weighted by molar-refractivity contribution is 0.0748. The molecule has 106 valence electrons. The molecule has 0 saturated carbocycles. The van der Waals surface area contributed by atoms with Crippen molar-refractivity contribution < 1.29 is 8.42 Å². The number of hydrogen-bond acceptors (Lipinski definition) is 5. The summed E-state index contributed by atoms with van der Waals surface area (Å²) >= 11 is 0. The number of nitrogens with two attached hydrogens (primary N) is 1. The van der Waals surface area contributed by atoms with Crippen LogP contribution in [-0.4, -0.2) is 74.0 Å². The van der Waals surface area contributed by atoms with Crippen LogP contribution in [0.15, 0.2) is 0 Å². The van der Waals surface area contributed by atoms with E-state index >= 15 is 0 Å². The molecule has 0 aromatic heterocycles. The van der Waals surface area contributed by atoms with Gasteiger partial charge in [0.2, 0.25) is 0 Å². The minimum Gasteiger partial charge on any atom is -0.325 e. The van der Waals surface area contributed by atoms with Crippen molar-refractivity contribution in [2.45, 2.75) is 38.4 Å². The highest BCUT2D eigenvalue weighted by Crippen LogP contribution is 2.19. The topological polar surface area (TPSA) is 66.6 Å². The lowest BCUT2D eigenvalue weighted by Gasteiger charge is -2.41. The molecule has 2 heterocycles. The average Bonchev–Trinajstić information content (AvgIpc) is 2.62. The van der Waals surface area contributed by atoms with Crippen LogP contribution in [-0.2, 0) is 9.84 Å². The first-order valence-corrected chi connectivity index (χ1v) is 8.69. The monoisotopic (exact) mass is 275 g/mol. The zero-order valence-corrected chi connectivity index (χ0v) is 12.2. The van der Waals surface area contributed by atoms with Crippen LogP contribution in [0.25, 0.3) is 0 Å². The quantitative estimate of drug-likeness (QED) is 0.754. The van der Waals surface area contributed by atoms with Gasteiger partial charge in [-0.25, -0.2) is 8.42 Å². The summed E-state index contributed by atoms with van der Waals surface area (Å²) in [6.45, 7) is 8.39. The molecule has 3 atom stereocenters. The molecule has 18 heavy (non-hydrogen) atoms. The van der Waals surface area contributed by atoms with Crippen molar-refractivity contribution in [3.05, 3.63) is 0 Å². The van der Waals surface area contributed by atoms with Crippen LogP contribution < -0.4 is 5.73 Å². The second kappa shape index (κ2) is 5.45. The summed E-state index contributed by atoms with van der Waals surface area (Å²) < 4.78 is 23.2. The molecule has 3 unspecified atom stereocenters. The van der Waals surface area contributed by atoms with E-state index in [2.05, 4.69) is 23.6 Å². The summed E-state index contributed by atoms with van der Waals surface area (Å²) in [5.74, 6) is 0.404. The Labute approximate surface area is 110 Å². The Morgan fingerprint density at radius 1 is 1.22 bits per heavy atom. The third-order valence-electron chi connectivity index (χ3n) is 4.40. The molecule has 2 saturated heterocycles. The average molecular weight is 275 g/mol. The van der Waals surface area contributed by atoms with Gasteiger partial charge in [-0.1, -0.05) is 6.92 Å². The number of nitrogens with zero attached hydrogens (tertiary/aromatic N) is 2. The maximum absolute atomic E-state index is 11.6. The van der Waals surface area contributed by atoms with Gasteiger partial charge in [0.15, 0.2) is 9.84 Å². The zero-order valence-electron chi connectivity index (χ0n) is 11.4. The molecular weight excluding hydrogens is 250 g/mol. The largest absolute Gasteiger partial charge is 0.325 e. The van der Waals surface area contributed by atoms with E-state index in [0.29, 0.717) is 6.04 Å². The maximum atomic E-state index is 11.6. The number of rotatable bonds is 3.